The number of hydrogen-bond donors (Lipinski definition) is 3. The Morgan fingerprint density at radius 2 is 1.46 bits per heavy atom. The van der Waals surface area contributed by atoms with Crippen molar-refractivity contribution >= 4 is 39.4 Å². The van der Waals surface area contributed by atoms with Crippen molar-refractivity contribution in [2.75, 3.05) is 19.6 Å². The normalized spacial score (nSPS) is 18.9. The number of aliphatic imine (C=N–C) groups is 3. The van der Waals surface area contributed by atoms with Gasteiger partial charge < -0.3 is 9.97 Å². The van der Waals surface area contributed by atoms with Gasteiger partial charge in [0.2, 0.25) is 0 Å². The molecular formula is C33H30N6. The number of H-pyrrole nitrogens is 2. The summed E-state index contributed by atoms with van der Waals surface area (Å²) in [5, 5.41) is 5.83. The fourth-order valence-electron chi connectivity index (χ4n) is 6.28. The average Bonchev–Trinajstić information content (AvgIpc) is 3.80. The van der Waals surface area contributed by atoms with Crippen LogP contribution in [0.4, 0.5) is 0 Å². The molecule has 5 heterocycles. The number of benzene rings is 3. The molecular weight excluding hydrogens is 480 g/mol. The van der Waals surface area contributed by atoms with E-state index < -0.39 is 0 Å². The lowest BCUT2D eigenvalue weighted by atomic mass is 9.99. The molecule has 6 nitrogen and oxygen atoms in total. The van der Waals surface area contributed by atoms with Gasteiger partial charge >= 0.3 is 0 Å². The number of fused-ring (bicyclic) bond motifs is 2. The van der Waals surface area contributed by atoms with Crippen LogP contribution in [-0.4, -0.2) is 47.2 Å². The molecule has 0 saturated carbocycles. The van der Waals surface area contributed by atoms with Crippen molar-refractivity contribution in [1.82, 2.24) is 15.3 Å². The lowest BCUT2D eigenvalue weighted by molar-refractivity contribution is 0.644. The van der Waals surface area contributed by atoms with Crippen LogP contribution in [0.15, 0.2) is 81.7 Å². The average molecular weight is 511 g/mol. The van der Waals surface area contributed by atoms with E-state index in [1.54, 1.807) is 0 Å². The van der Waals surface area contributed by atoms with Gasteiger partial charge in [-0.05, 0) is 66.1 Å². The Morgan fingerprint density at radius 1 is 0.692 bits per heavy atom. The summed E-state index contributed by atoms with van der Waals surface area (Å²) in [5.41, 5.74) is 13.0. The maximum absolute atomic E-state index is 4.75. The molecule has 1 atom stereocenters. The molecule has 8 rings (SSSR count). The zero-order valence-electron chi connectivity index (χ0n) is 21.8. The summed E-state index contributed by atoms with van der Waals surface area (Å²) in [5.74, 6) is 0. The van der Waals surface area contributed by atoms with E-state index in [-0.39, 0.29) is 6.17 Å². The summed E-state index contributed by atoms with van der Waals surface area (Å²) >= 11 is 0. The molecule has 3 aliphatic heterocycles. The largest absolute Gasteiger partial charge is 0.354 e. The Hall–Kier alpha value is -4.29. The molecule has 39 heavy (non-hydrogen) atoms. The summed E-state index contributed by atoms with van der Waals surface area (Å²) in [6.07, 6.45) is 6.41. The van der Waals surface area contributed by atoms with E-state index in [9.17, 15) is 0 Å². The second kappa shape index (κ2) is 9.17. The molecule has 5 aromatic rings. The van der Waals surface area contributed by atoms with E-state index in [0.29, 0.717) is 0 Å². The lowest BCUT2D eigenvalue weighted by Gasteiger charge is -2.08. The first kappa shape index (κ1) is 22.7. The number of rotatable bonds is 5. The van der Waals surface area contributed by atoms with Crippen LogP contribution in [0.1, 0.15) is 48.5 Å². The van der Waals surface area contributed by atoms with E-state index in [0.717, 1.165) is 67.7 Å². The van der Waals surface area contributed by atoms with E-state index in [4.69, 9.17) is 9.98 Å². The smallest absolute Gasteiger partial charge is 0.125 e. The van der Waals surface area contributed by atoms with Gasteiger partial charge in [-0.2, -0.15) is 0 Å². The molecule has 0 aliphatic carbocycles. The van der Waals surface area contributed by atoms with Crippen LogP contribution < -0.4 is 5.32 Å². The number of hydrogen-bond acceptors (Lipinski definition) is 4. The summed E-state index contributed by atoms with van der Waals surface area (Å²) in [4.78, 5) is 21.6. The minimum Gasteiger partial charge on any atom is -0.354 e. The minimum atomic E-state index is 0.0321. The first-order chi connectivity index (χ1) is 19.3. The molecule has 3 N–H and O–H groups in total. The molecule has 0 bridgehead atoms. The molecule has 0 fully saturated rings. The van der Waals surface area contributed by atoms with Crippen molar-refractivity contribution in [2.45, 2.75) is 31.8 Å². The van der Waals surface area contributed by atoms with Gasteiger partial charge in [0.25, 0.3) is 0 Å². The van der Waals surface area contributed by atoms with Crippen molar-refractivity contribution in [1.29, 1.82) is 0 Å². The van der Waals surface area contributed by atoms with Crippen LogP contribution in [0.2, 0.25) is 0 Å². The fraction of sp³-hybridized carbons (Fsp3) is 0.242. The third-order valence-electron chi connectivity index (χ3n) is 8.28. The Labute approximate surface area is 227 Å². The SMILES string of the molecule is C1=NC(c2ccc3cc(-c4c(-c5ccc(C6=NCCC6)cc5)[nH]c5cc(C6=NCCC6)ccc45)[nH]c3c2)NC1. The van der Waals surface area contributed by atoms with Gasteiger partial charge in [-0.1, -0.05) is 48.5 Å². The van der Waals surface area contributed by atoms with Gasteiger partial charge in [0.05, 0.1) is 5.69 Å². The van der Waals surface area contributed by atoms with Gasteiger partial charge in [-0.3, -0.25) is 20.3 Å². The predicted molar refractivity (Wildman–Crippen MR) is 162 cm³/mol. The number of nitrogens with one attached hydrogen (secondary N) is 3. The molecule has 6 heteroatoms. The van der Waals surface area contributed by atoms with Crippen LogP contribution in [0.25, 0.3) is 44.3 Å². The standard InChI is InChI=1S/C33H30N6/c1-3-26(34-13-1)20-5-7-21(8-6-20)32-31(25-12-11-22(17-29(25)39-32)27-4-2-14-35-27)30-18-23-9-10-24(19-28(23)38-30)33-36-15-16-37-33/h5-12,15,17-19,33,37-39H,1-4,13-14,16H2. The van der Waals surface area contributed by atoms with Gasteiger partial charge in [0.1, 0.15) is 6.17 Å². The van der Waals surface area contributed by atoms with Crippen molar-refractivity contribution in [3.05, 3.63) is 83.4 Å². The highest BCUT2D eigenvalue weighted by Gasteiger charge is 2.20. The minimum absolute atomic E-state index is 0.0321. The molecule has 3 aliphatic rings. The first-order valence-electron chi connectivity index (χ1n) is 14.0. The molecule has 2 aromatic heterocycles. The van der Waals surface area contributed by atoms with Crippen LogP contribution in [0.3, 0.4) is 0 Å². The van der Waals surface area contributed by atoms with Crippen LogP contribution >= 0.6 is 0 Å². The second-order valence-electron chi connectivity index (χ2n) is 10.7. The number of aromatic nitrogens is 2. The van der Waals surface area contributed by atoms with Gasteiger partial charge in [-0.25, -0.2) is 0 Å². The third-order valence-corrected chi connectivity index (χ3v) is 8.28. The fourth-order valence-corrected chi connectivity index (χ4v) is 6.28. The van der Waals surface area contributed by atoms with E-state index in [2.05, 4.69) is 87.0 Å². The van der Waals surface area contributed by atoms with Crippen molar-refractivity contribution in [3.63, 3.8) is 0 Å². The van der Waals surface area contributed by atoms with E-state index in [1.807, 2.05) is 6.21 Å². The number of nitrogens with zero attached hydrogens (tertiary/aromatic N) is 3. The molecule has 0 saturated heterocycles. The summed E-state index contributed by atoms with van der Waals surface area (Å²) < 4.78 is 0. The predicted octanol–water partition coefficient (Wildman–Crippen LogP) is 6.82. The Bertz CT molecular complexity index is 1810. The molecule has 1 unspecified atom stereocenters. The quantitative estimate of drug-likeness (QED) is 0.238. The van der Waals surface area contributed by atoms with E-state index in [1.165, 1.54) is 50.0 Å². The molecule has 0 radical (unpaired) electrons. The van der Waals surface area contributed by atoms with Crippen molar-refractivity contribution in [2.24, 2.45) is 15.0 Å². The van der Waals surface area contributed by atoms with Crippen molar-refractivity contribution in [3.8, 4) is 22.5 Å². The van der Waals surface area contributed by atoms with E-state index >= 15 is 0 Å². The van der Waals surface area contributed by atoms with Crippen LogP contribution in [0, 0.1) is 0 Å². The van der Waals surface area contributed by atoms with Crippen molar-refractivity contribution < 1.29 is 0 Å². The zero-order chi connectivity index (χ0) is 25.8. The topological polar surface area (TPSA) is 80.7 Å². The highest BCUT2D eigenvalue weighted by atomic mass is 15.1. The number of aromatic amines is 2. The highest BCUT2D eigenvalue weighted by molar-refractivity contribution is 6.09. The van der Waals surface area contributed by atoms with Gasteiger partial charge in [0.15, 0.2) is 0 Å². The molecule has 0 amide bonds. The monoisotopic (exact) mass is 510 g/mol. The molecule has 192 valence electrons. The Kier molecular flexibility index (Phi) is 5.33. The van der Waals surface area contributed by atoms with Crippen LogP contribution in [-0.2, 0) is 0 Å². The highest BCUT2D eigenvalue weighted by Crippen LogP contribution is 2.40. The maximum atomic E-state index is 4.75. The first-order valence-corrected chi connectivity index (χ1v) is 14.0. The molecule has 3 aromatic carbocycles. The van der Waals surface area contributed by atoms with Gasteiger partial charge in [0, 0.05) is 70.3 Å². The van der Waals surface area contributed by atoms with Crippen LogP contribution in [0.5, 0.6) is 0 Å². The lowest BCUT2D eigenvalue weighted by Crippen LogP contribution is -2.14. The second-order valence-corrected chi connectivity index (χ2v) is 10.7. The third kappa shape index (κ3) is 3.94. The molecule has 0 spiro atoms. The summed E-state index contributed by atoms with van der Waals surface area (Å²) in [6.45, 7) is 2.70. The Morgan fingerprint density at radius 3 is 2.21 bits per heavy atom. The summed E-state index contributed by atoms with van der Waals surface area (Å²) in [7, 11) is 0. The Balaban J connectivity index is 1.27. The summed E-state index contributed by atoms with van der Waals surface area (Å²) in [6, 6.07) is 24.6. The maximum Gasteiger partial charge on any atom is 0.125 e. The van der Waals surface area contributed by atoms with Gasteiger partial charge in [-0.15, -0.1) is 0 Å². The zero-order valence-corrected chi connectivity index (χ0v) is 21.8.